The van der Waals surface area contributed by atoms with Gasteiger partial charge in [0.25, 0.3) is 5.91 Å². The first-order valence-electron chi connectivity index (χ1n) is 7.14. The summed E-state index contributed by atoms with van der Waals surface area (Å²) in [7, 11) is 4.05. The number of aryl methyl sites for hydroxylation is 2. The Hall–Kier alpha value is -2.07. The minimum absolute atomic E-state index is 0.0345. The van der Waals surface area contributed by atoms with Crippen molar-refractivity contribution in [2.75, 3.05) is 20.6 Å². The zero-order chi connectivity index (χ0) is 15.4. The van der Waals surface area contributed by atoms with Crippen LogP contribution in [-0.2, 0) is 0 Å². The molecule has 21 heavy (non-hydrogen) atoms. The lowest BCUT2D eigenvalue weighted by molar-refractivity contribution is 0.0941. The number of carbonyl (C=O) groups excluding carboxylic acids is 1. The van der Waals surface area contributed by atoms with E-state index in [1.807, 2.05) is 21.0 Å². The van der Waals surface area contributed by atoms with Crippen molar-refractivity contribution in [2.24, 2.45) is 0 Å². The van der Waals surface area contributed by atoms with Crippen molar-refractivity contribution < 1.29 is 4.79 Å². The third-order valence-electron chi connectivity index (χ3n) is 3.74. The molecule has 2 aromatic rings. The quantitative estimate of drug-likeness (QED) is 0.887. The van der Waals surface area contributed by atoms with Gasteiger partial charge in [-0.1, -0.05) is 29.8 Å². The summed E-state index contributed by atoms with van der Waals surface area (Å²) < 4.78 is 0. The molecule has 4 nitrogen and oxygen atoms in total. The average molecular weight is 285 g/mol. The van der Waals surface area contributed by atoms with Gasteiger partial charge < -0.3 is 15.2 Å². The van der Waals surface area contributed by atoms with Crippen LogP contribution in [0.4, 0.5) is 0 Å². The molecule has 0 fully saturated rings. The molecule has 0 saturated heterocycles. The number of carbonyl (C=O) groups is 1. The molecule has 0 aliphatic carbocycles. The molecule has 1 atom stereocenters. The molecule has 1 amide bonds. The summed E-state index contributed by atoms with van der Waals surface area (Å²) >= 11 is 0. The molecule has 0 bridgehead atoms. The third kappa shape index (κ3) is 3.73. The Kier molecular flexibility index (Phi) is 4.81. The van der Waals surface area contributed by atoms with E-state index in [1.54, 1.807) is 12.3 Å². The van der Waals surface area contributed by atoms with Crippen LogP contribution in [0.15, 0.2) is 36.5 Å². The van der Waals surface area contributed by atoms with Crippen LogP contribution in [0.1, 0.15) is 33.2 Å². The number of hydrogen-bond donors (Lipinski definition) is 2. The molecule has 0 unspecified atom stereocenters. The minimum Gasteiger partial charge on any atom is -0.365 e. The lowest BCUT2D eigenvalue weighted by Crippen LogP contribution is -2.34. The molecule has 112 valence electrons. The zero-order valence-electron chi connectivity index (χ0n) is 13.1. The predicted molar refractivity (Wildman–Crippen MR) is 85.5 cm³/mol. The molecule has 2 rings (SSSR count). The summed E-state index contributed by atoms with van der Waals surface area (Å²) in [6.07, 6.45) is 1.79. The van der Waals surface area contributed by atoms with Crippen molar-refractivity contribution in [3.05, 3.63) is 58.9 Å². The van der Waals surface area contributed by atoms with E-state index in [-0.39, 0.29) is 11.9 Å². The fourth-order valence-corrected chi connectivity index (χ4v) is 2.37. The summed E-state index contributed by atoms with van der Waals surface area (Å²) in [6.45, 7) is 4.56. The Bertz CT molecular complexity index is 599. The summed E-state index contributed by atoms with van der Waals surface area (Å²) in [6, 6.07) is 10.4. The second-order valence-electron chi connectivity index (χ2n) is 5.62. The Labute approximate surface area is 126 Å². The average Bonchev–Trinajstić information content (AvgIpc) is 2.86. The first kappa shape index (κ1) is 15.3. The van der Waals surface area contributed by atoms with Gasteiger partial charge >= 0.3 is 0 Å². The fraction of sp³-hybridized carbons (Fsp3) is 0.353. The van der Waals surface area contributed by atoms with Crippen LogP contribution in [0, 0.1) is 13.8 Å². The van der Waals surface area contributed by atoms with Gasteiger partial charge in [0.05, 0.1) is 11.6 Å². The van der Waals surface area contributed by atoms with Crippen molar-refractivity contribution >= 4 is 5.91 Å². The molecule has 0 spiro atoms. The van der Waals surface area contributed by atoms with Crippen LogP contribution in [0.25, 0.3) is 0 Å². The molecular formula is C17H23N3O. The topological polar surface area (TPSA) is 48.1 Å². The van der Waals surface area contributed by atoms with Crippen molar-refractivity contribution in [2.45, 2.75) is 19.9 Å². The second kappa shape index (κ2) is 6.59. The molecule has 1 heterocycles. The van der Waals surface area contributed by atoms with Crippen molar-refractivity contribution in [3.8, 4) is 0 Å². The van der Waals surface area contributed by atoms with E-state index in [0.717, 1.165) is 5.69 Å². The molecule has 0 aliphatic rings. The van der Waals surface area contributed by atoms with E-state index in [9.17, 15) is 4.79 Å². The number of aromatic nitrogens is 1. The van der Waals surface area contributed by atoms with Gasteiger partial charge in [-0.3, -0.25) is 4.79 Å². The van der Waals surface area contributed by atoms with Gasteiger partial charge in [0, 0.05) is 18.4 Å². The second-order valence-corrected chi connectivity index (χ2v) is 5.62. The monoisotopic (exact) mass is 285 g/mol. The molecule has 1 aromatic carbocycles. The fourth-order valence-electron chi connectivity index (χ4n) is 2.37. The van der Waals surface area contributed by atoms with E-state index in [1.165, 1.54) is 11.1 Å². The van der Waals surface area contributed by atoms with Gasteiger partial charge in [-0.2, -0.15) is 0 Å². The van der Waals surface area contributed by atoms with Gasteiger partial charge in [0.2, 0.25) is 0 Å². The Morgan fingerprint density at radius 2 is 1.86 bits per heavy atom. The third-order valence-corrected chi connectivity index (χ3v) is 3.74. The van der Waals surface area contributed by atoms with E-state index >= 15 is 0 Å². The zero-order valence-corrected chi connectivity index (χ0v) is 13.1. The Morgan fingerprint density at radius 3 is 2.38 bits per heavy atom. The van der Waals surface area contributed by atoms with Gasteiger partial charge in [0.1, 0.15) is 0 Å². The number of hydrogen-bond acceptors (Lipinski definition) is 2. The van der Waals surface area contributed by atoms with E-state index < -0.39 is 0 Å². The van der Waals surface area contributed by atoms with Crippen LogP contribution >= 0.6 is 0 Å². The number of rotatable bonds is 5. The molecular weight excluding hydrogens is 262 g/mol. The van der Waals surface area contributed by atoms with Crippen molar-refractivity contribution in [1.82, 2.24) is 15.2 Å². The molecule has 0 aliphatic heterocycles. The lowest BCUT2D eigenvalue weighted by atomic mass is 10.0. The number of amides is 1. The molecule has 0 saturated carbocycles. The predicted octanol–water partition coefficient (Wildman–Crippen LogP) is 2.66. The van der Waals surface area contributed by atoms with Crippen molar-refractivity contribution in [1.29, 1.82) is 0 Å². The normalized spacial score (nSPS) is 12.4. The number of nitrogens with zero attached hydrogens (tertiary/aromatic N) is 1. The van der Waals surface area contributed by atoms with Crippen molar-refractivity contribution in [3.63, 3.8) is 0 Å². The molecule has 1 aromatic heterocycles. The highest BCUT2D eigenvalue weighted by Gasteiger charge is 2.16. The number of aromatic amines is 1. The van der Waals surface area contributed by atoms with E-state index in [4.69, 9.17) is 0 Å². The highest BCUT2D eigenvalue weighted by atomic mass is 16.1. The van der Waals surface area contributed by atoms with Crippen LogP contribution in [0.2, 0.25) is 0 Å². The van der Waals surface area contributed by atoms with E-state index in [0.29, 0.717) is 12.1 Å². The molecule has 4 heteroatoms. The Balaban J connectivity index is 2.06. The minimum atomic E-state index is -0.0345. The largest absolute Gasteiger partial charge is 0.365 e. The highest BCUT2D eigenvalue weighted by molar-refractivity contribution is 5.95. The van der Waals surface area contributed by atoms with Crippen LogP contribution in [0.3, 0.4) is 0 Å². The van der Waals surface area contributed by atoms with Gasteiger partial charge in [-0.25, -0.2) is 0 Å². The van der Waals surface area contributed by atoms with Gasteiger partial charge in [-0.15, -0.1) is 0 Å². The van der Waals surface area contributed by atoms with E-state index in [2.05, 4.69) is 46.4 Å². The summed E-state index contributed by atoms with van der Waals surface area (Å²) in [5.41, 5.74) is 4.04. The van der Waals surface area contributed by atoms with Crippen LogP contribution in [-0.4, -0.2) is 36.4 Å². The summed E-state index contributed by atoms with van der Waals surface area (Å²) in [5.74, 6) is -0.0345. The van der Waals surface area contributed by atoms with Crippen LogP contribution < -0.4 is 5.32 Å². The van der Waals surface area contributed by atoms with Crippen LogP contribution in [0.5, 0.6) is 0 Å². The number of benzene rings is 1. The maximum absolute atomic E-state index is 12.2. The summed E-state index contributed by atoms with van der Waals surface area (Å²) in [4.78, 5) is 17.3. The Morgan fingerprint density at radius 1 is 1.19 bits per heavy atom. The number of nitrogens with one attached hydrogen (secondary N) is 2. The smallest absolute Gasteiger partial charge is 0.253 e. The first-order chi connectivity index (χ1) is 9.99. The standard InChI is InChI=1S/C17H23N3O/c1-12-5-7-14(8-6-12)16(20(3)4)11-19-17(21)15-9-10-18-13(15)2/h5-10,16,18H,11H2,1-4H3,(H,19,21)/t16-/m1/s1. The highest BCUT2D eigenvalue weighted by Crippen LogP contribution is 2.18. The number of H-pyrrole nitrogens is 1. The van der Waals surface area contributed by atoms with Gasteiger partial charge in [0.15, 0.2) is 0 Å². The number of likely N-dealkylation sites (N-methyl/N-ethyl adjacent to an activating group) is 1. The maximum atomic E-state index is 12.2. The maximum Gasteiger partial charge on any atom is 0.253 e. The van der Waals surface area contributed by atoms with Gasteiger partial charge in [-0.05, 0) is 39.6 Å². The molecule has 2 N–H and O–H groups in total. The molecule has 0 radical (unpaired) electrons. The SMILES string of the molecule is Cc1ccc([C@@H](CNC(=O)c2cc[nH]c2C)N(C)C)cc1. The lowest BCUT2D eigenvalue weighted by Gasteiger charge is -2.25. The first-order valence-corrected chi connectivity index (χ1v) is 7.14. The summed E-state index contributed by atoms with van der Waals surface area (Å²) in [5, 5.41) is 3.02.